The van der Waals surface area contributed by atoms with E-state index < -0.39 is 0 Å². The van der Waals surface area contributed by atoms with Gasteiger partial charge in [0.05, 0.1) is 6.54 Å². The molecule has 1 aliphatic rings. The van der Waals surface area contributed by atoms with Gasteiger partial charge in [-0.25, -0.2) is 9.78 Å². The van der Waals surface area contributed by atoms with Gasteiger partial charge in [-0.3, -0.25) is 18.8 Å². The lowest BCUT2D eigenvalue weighted by atomic mass is 9.92. The molecule has 0 amide bonds. The second kappa shape index (κ2) is 8.64. The predicted molar refractivity (Wildman–Crippen MR) is 113 cm³/mol. The molecule has 3 heterocycles. The Hall–Kier alpha value is -1.89. The number of nitrogens with zero attached hydrogens (tertiary/aromatic N) is 5. The van der Waals surface area contributed by atoms with Crippen LogP contribution in [0.1, 0.15) is 58.7 Å². The van der Waals surface area contributed by atoms with E-state index in [1.165, 1.54) is 28.4 Å². The Bertz CT molecular complexity index is 929. The first-order chi connectivity index (χ1) is 13.3. The minimum absolute atomic E-state index is 0.243. The first kappa shape index (κ1) is 20.8. The summed E-state index contributed by atoms with van der Waals surface area (Å²) in [5, 5.41) is 0. The Kier molecular flexibility index (Phi) is 6.43. The van der Waals surface area contributed by atoms with Gasteiger partial charge < -0.3 is 4.57 Å². The van der Waals surface area contributed by atoms with E-state index in [1.54, 1.807) is 14.1 Å². The highest BCUT2D eigenvalue weighted by atomic mass is 16.2. The molecule has 0 aromatic carbocycles. The van der Waals surface area contributed by atoms with E-state index in [0.29, 0.717) is 23.0 Å². The highest BCUT2D eigenvalue weighted by Gasteiger charge is 2.25. The molecule has 1 fully saturated rings. The first-order valence-corrected chi connectivity index (χ1v) is 10.7. The summed E-state index contributed by atoms with van der Waals surface area (Å²) < 4.78 is 4.78. The molecule has 0 unspecified atom stereocenters. The van der Waals surface area contributed by atoms with Gasteiger partial charge in [-0.2, -0.15) is 0 Å². The molecule has 0 spiro atoms. The van der Waals surface area contributed by atoms with Crippen LogP contribution in [-0.4, -0.2) is 36.7 Å². The Morgan fingerprint density at radius 3 is 2.32 bits per heavy atom. The highest BCUT2D eigenvalue weighted by Crippen LogP contribution is 2.23. The van der Waals surface area contributed by atoms with Gasteiger partial charge in [-0.1, -0.05) is 40.0 Å². The predicted octanol–water partition coefficient (Wildman–Crippen LogP) is 2.49. The first-order valence-electron chi connectivity index (χ1n) is 10.7. The Balaban J connectivity index is 2.02. The molecule has 0 aliphatic carbocycles. The quantitative estimate of drug-likeness (QED) is 0.683. The molecule has 0 radical (unpaired) electrons. The maximum Gasteiger partial charge on any atom is 0.332 e. The SMILES string of the molecule is CCCCCCn1c(CN2C[C@H](C)C[C@H](C)C2)nc2c1c(=O)n(C)c(=O)n2C. The summed E-state index contributed by atoms with van der Waals surface area (Å²) in [7, 11) is 3.25. The number of unbranched alkanes of at least 4 members (excludes halogenated alkanes) is 3. The molecule has 1 saturated heterocycles. The maximum atomic E-state index is 12.9. The van der Waals surface area contributed by atoms with Crippen molar-refractivity contribution in [3.05, 3.63) is 26.7 Å². The van der Waals surface area contributed by atoms with Gasteiger partial charge in [-0.05, 0) is 24.7 Å². The maximum absolute atomic E-state index is 12.9. The fourth-order valence-electron chi connectivity index (χ4n) is 4.67. The zero-order valence-corrected chi connectivity index (χ0v) is 18.1. The number of rotatable bonds is 7. The van der Waals surface area contributed by atoms with Gasteiger partial charge in [0.1, 0.15) is 5.82 Å². The second-order valence-corrected chi connectivity index (χ2v) is 8.76. The highest BCUT2D eigenvalue weighted by molar-refractivity contribution is 5.71. The Labute approximate surface area is 167 Å². The molecule has 156 valence electrons. The van der Waals surface area contributed by atoms with E-state index >= 15 is 0 Å². The lowest BCUT2D eigenvalue weighted by molar-refractivity contribution is 0.130. The number of likely N-dealkylation sites (tertiary alicyclic amines) is 1. The molecule has 7 nitrogen and oxygen atoms in total. The van der Waals surface area contributed by atoms with Crippen LogP contribution in [0.15, 0.2) is 9.59 Å². The van der Waals surface area contributed by atoms with E-state index in [0.717, 1.165) is 44.8 Å². The molecule has 7 heteroatoms. The monoisotopic (exact) mass is 389 g/mol. The number of hydrogen-bond donors (Lipinski definition) is 0. The summed E-state index contributed by atoms with van der Waals surface area (Å²) in [5.41, 5.74) is 0.513. The zero-order valence-electron chi connectivity index (χ0n) is 18.1. The molecule has 1 aliphatic heterocycles. The smallest absolute Gasteiger partial charge is 0.321 e. The summed E-state index contributed by atoms with van der Waals surface area (Å²) in [6.07, 6.45) is 5.79. The lowest BCUT2D eigenvalue weighted by Crippen LogP contribution is -2.39. The standard InChI is InChI=1S/C21H35N5O2/c1-6-7-8-9-10-26-17(14-25-12-15(2)11-16(3)13-25)22-19-18(26)20(27)24(5)21(28)23(19)4/h15-16H,6-14H2,1-5H3/t15-,16+. The van der Waals surface area contributed by atoms with Crippen molar-refractivity contribution < 1.29 is 0 Å². The third kappa shape index (κ3) is 4.09. The number of aromatic nitrogens is 4. The van der Waals surface area contributed by atoms with Gasteiger partial charge in [-0.15, -0.1) is 0 Å². The minimum atomic E-state index is -0.320. The number of imidazole rings is 1. The summed E-state index contributed by atoms with van der Waals surface area (Å²) >= 11 is 0. The second-order valence-electron chi connectivity index (χ2n) is 8.76. The fraction of sp³-hybridized carbons (Fsp3) is 0.762. The number of fused-ring (bicyclic) bond motifs is 1. The van der Waals surface area contributed by atoms with Gasteiger partial charge >= 0.3 is 5.69 Å². The molecule has 0 N–H and O–H groups in total. The summed E-state index contributed by atoms with van der Waals surface area (Å²) in [6, 6.07) is 0. The van der Waals surface area contributed by atoms with Crippen LogP contribution in [0.4, 0.5) is 0 Å². The molecule has 2 aromatic heterocycles. The van der Waals surface area contributed by atoms with Crippen LogP contribution in [0.3, 0.4) is 0 Å². The van der Waals surface area contributed by atoms with Gasteiger partial charge in [0, 0.05) is 33.7 Å². The third-order valence-corrected chi connectivity index (χ3v) is 5.97. The van der Waals surface area contributed by atoms with E-state index in [4.69, 9.17) is 4.98 Å². The molecule has 2 atom stereocenters. The van der Waals surface area contributed by atoms with Crippen LogP contribution in [-0.2, 0) is 27.2 Å². The topological polar surface area (TPSA) is 65.1 Å². The average molecular weight is 390 g/mol. The van der Waals surface area contributed by atoms with Crippen LogP contribution in [0.2, 0.25) is 0 Å². The van der Waals surface area contributed by atoms with Crippen molar-refractivity contribution in [2.45, 2.75) is 66.0 Å². The van der Waals surface area contributed by atoms with Crippen LogP contribution in [0.5, 0.6) is 0 Å². The third-order valence-electron chi connectivity index (χ3n) is 5.97. The largest absolute Gasteiger partial charge is 0.332 e. The van der Waals surface area contributed by atoms with Gasteiger partial charge in [0.25, 0.3) is 5.56 Å². The molecule has 2 aromatic rings. The van der Waals surface area contributed by atoms with Crippen molar-refractivity contribution >= 4 is 11.2 Å². The van der Waals surface area contributed by atoms with Crippen molar-refractivity contribution in [1.29, 1.82) is 0 Å². The number of aryl methyl sites for hydroxylation is 2. The summed E-state index contributed by atoms with van der Waals surface area (Å²) in [4.78, 5) is 32.5. The zero-order chi connectivity index (χ0) is 20.4. The summed E-state index contributed by atoms with van der Waals surface area (Å²) in [6.45, 7) is 10.4. The average Bonchev–Trinajstić information content (AvgIpc) is 2.99. The van der Waals surface area contributed by atoms with Crippen LogP contribution < -0.4 is 11.2 Å². The van der Waals surface area contributed by atoms with Crippen molar-refractivity contribution in [3.8, 4) is 0 Å². The molecular formula is C21H35N5O2. The van der Waals surface area contributed by atoms with Gasteiger partial charge in [0.2, 0.25) is 0 Å². The van der Waals surface area contributed by atoms with E-state index in [1.807, 2.05) is 0 Å². The molecule has 3 rings (SSSR count). The number of hydrogen-bond acceptors (Lipinski definition) is 4. The number of piperidine rings is 1. The van der Waals surface area contributed by atoms with Crippen LogP contribution in [0, 0.1) is 11.8 Å². The Morgan fingerprint density at radius 2 is 1.68 bits per heavy atom. The van der Waals surface area contributed by atoms with Crippen LogP contribution in [0.25, 0.3) is 11.2 Å². The molecular weight excluding hydrogens is 354 g/mol. The van der Waals surface area contributed by atoms with E-state index in [9.17, 15) is 9.59 Å². The molecule has 28 heavy (non-hydrogen) atoms. The fourth-order valence-corrected chi connectivity index (χ4v) is 4.67. The molecule has 0 saturated carbocycles. The van der Waals surface area contributed by atoms with Crippen molar-refractivity contribution in [2.24, 2.45) is 25.9 Å². The van der Waals surface area contributed by atoms with E-state index in [-0.39, 0.29) is 11.2 Å². The lowest BCUT2D eigenvalue weighted by Gasteiger charge is -2.34. The van der Waals surface area contributed by atoms with Crippen molar-refractivity contribution in [2.75, 3.05) is 13.1 Å². The Morgan fingerprint density at radius 1 is 1.00 bits per heavy atom. The van der Waals surface area contributed by atoms with Crippen LogP contribution >= 0.6 is 0 Å². The minimum Gasteiger partial charge on any atom is -0.321 e. The van der Waals surface area contributed by atoms with Crippen molar-refractivity contribution in [1.82, 2.24) is 23.6 Å². The van der Waals surface area contributed by atoms with Gasteiger partial charge in [0.15, 0.2) is 11.2 Å². The normalized spacial score (nSPS) is 20.9. The molecule has 0 bridgehead atoms. The van der Waals surface area contributed by atoms with E-state index in [2.05, 4.69) is 30.2 Å². The van der Waals surface area contributed by atoms with Crippen molar-refractivity contribution in [3.63, 3.8) is 0 Å². The summed E-state index contributed by atoms with van der Waals surface area (Å²) in [5.74, 6) is 2.25.